The van der Waals surface area contributed by atoms with Crippen LogP contribution in [0.1, 0.15) is 19.4 Å². The Balaban J connectivity index is 2.40. The molecule has 0 saturated carbocycles. The fraction of sp³-hybridized carbons (Fsp3) is 0.500. The lowest BCUT2D eigenvalue weighted by Crippen LogP contribution is -2.34. The zero-order valence-electron chi connectivity index (χ0n) is 10.8. The maximum atomic E-state index is 12.7. The van der Waals surface area contributed by atoms with Gasteiger partial charge in [0.05, 0.1) is 17.6 Å². The van der Waals surface area contributed by atoms with Crippen molar-refractivity contribution in [3.8, 4) is 0 Å². The number of alkyl halides is 3. The van der Waals surface area contributed by atoms with Crippen LogP contribution in [0.2, 0.25) is 0 Å². The molecule has 0 aromatic carbocycles. The summed E-state index contributed by atoms with van der Waals surface area (Å²) in [4.78, 5) is 18.7. The van der Waals surface area contributed by atoms with E-state index in [4.69, 9.17) is 0 Å². The molecule has 0 bridgehead atoms. The van der Waals surface area contributed by atoms with E-state index in [-0.39, 0.29) is 23.9 Å². The van der Waals surface area contributed by atoms with Gasteiger partial charge in [-0.15, -0.1) is 0 Å². The van der Waals surface area contributed by atoms with Crippen molar-refractivity contribution in [2.24, 2.45) is 0 Å². The Labute approximate surface area is 108 Å². The molecule has 4 nitrogen and oxygen atoms in total. The number of hydrogen-bond acceptors (Lipinski definition) is 2. The summed E-state index contributed by atoms with van der Waals surface area (Å²) in [7, 11) is 1.62. The summed E-state index contributed by atoms with van der Waals surface area (Å²) in [6, 6.07) is 1.14. The smallest absolute Gasteiger partial charge is 0.323 e. The lowest BCUT2D eigenvalue weighted by atomic mass is 10.1. The first kappa shape index (κ1) is 13.6. The molecule has 1 saturated heterocycles. The monoisotopic (exact) mass is 273 g/mol. The lowest BCUT2D eigenvalue weighted by molar-refractivity contribution is -0.137. The second-order valence-electron chi connectivity index (χ2n) is 4.65. The Morgan fingerprint density at radius 1 is 1.26 bits per heavy atom. The average Bonchev–Trinajstić information content (AvgIpc) is 2.53. The van der Waals surface area contributed by atoms with Gasteiger partial charge in [-0.2, -0.15) is 13.2 Å². The van der Waals surface area contributed by atoms with Crippen molar-refractivity contribution < 1.29 is 18.0 Å². The van der Waals surface area contributed by atoms with Crippen molar-refractivity contribution in [3.05, 3.63) is 23.9 Å². The fourth-order valence-corrected chi connectivity index (χ4v) is 2.09. The largest absolute Gasteiger partial charge is 0.416 e. The summed E-state index contributed by atoms with van der Waals surface area (Å²) >= 11 is 0. The molecule has 2 rings (SSSR count). The molecule has 2 heterocycles. The van der Waals surface area contributed by atoms with Gasteiger partial charge in [0.2, 0.25) is 0 Å². The van der Waals surface area contributed by atoms with Crippen LogP contribution in [0.4, 0.5) is 23.8 Å². The van der Waals surface area contributed by atoms with Crippen molar-refractivity contribution in [2.45, 2.75) is 32.1 Å². The molecule has 19 heavy (non-hydrogen) atoms. The molecular formula is C12H14F3N3O. The van der Waals surface area contributed by atoms with Crippen LogP contribution in [0.25, 0.3) is 0 Å². The highest BCUT2D eigenvalue weighted by Crippen LogP contribution is 2.33. The van der Waals surface area contributed by atoms with Gasteiger partial charge in [-0.1, -0.05) is 0 Å². The minimum absolute atomic E-state index is 0.0310. The molecule has 1 fully saturated rings. The van der Waals surface area contributed by atoms with E-state index in [0.717, 1.165) is 18.3 Å². The predicted octanol–water partition coefficient (Wildman–Crippen LogP) is 2.75. The molecule has 2 unspecified atom stereocenters. The second kappa shape index (κ2) is 4.40. The number of pyridine rings is 1. The van der Waals surface area contributed by atoms with E-state index < -0.39 is 11.7 Å². The van der Waals surface area contributed by atoms with E-state index in [2.05, 4.69) is 4.98 Å². The molecule has 1 aromatic heterocycles. The Morgan fingerprint density at radius 2 is 1.89 bits per heavy atom. The summed E-state index contributed by atoms with van der Waals surface area (Å²) in [5.74, 6) is 0.0310. The molecule has 0 spiro atoms. The maximum Gasteiger partial charge on any atom is 0.416 e. The molecular weight excluding hydrogens is 259 g/mol. The van der Waals surface area contributed by atoms with Gasteiger partial charge in [0.15, 0.2) is 0 Å². The standard InChI is InChI=1S/C12H14F3N3O/c1-7-8(2)18(11(19)17(7)3)10-6-9(4-5-16-10)12(13,14)15/h4-8H,1-3H3. The molecule has 7 heteroatoms. The van der Waals surface area contributed by atoms with Crippen LogP contribution in [-0.4, -0.2) is 35.0 Å². The van der Waals surface area contributed by atoms with Gasteiger partial charge in [-0.25, -0.2) is 9.78 Å². The number of carbonyl (C=O) groups is 1. The van der Waals surface area contributed by atoms with Crippen molar-refractivity contribution in [1.29, 1.82) is 0 Å². The number of urea groups is 1. The average molecular weight is 273 g/mol. The van der Waals surface area contributed by atoms with Gasteiger partial charge in [0, 0.05) is 13.2 Å². The summed E-state index contributed by atoms with van der Waals surface area (Å²) in [6.07, 6.45) is -3.37. The summed E-state index contributed by atoms with van der Waals surface area (Å²) in [5, 5.41) is 0. The Morgan fingerprint density at radius 3 is 2.37 bits per heavy atom. The number of hydrogen-bond donors (Lipinski definition) is 0. The Hall–Kier alpha value is -1.79. The van der Waals surface area contributed by atoms with Crippen LogP contribution < -0.4 is 4.90 Å². The minimum Gasteiger partial charge on any atom is -0.323 e. The van der Waals surface area contributed by atoms with E-state index in [1.165, 1.54) is 9.80 Å². The van der Waals surface area contributed by atoms with Gasteiger partial charge in [0.25, 0.3) is 0 Å². The molecule has 1 aliphatic rings. The van der Waals surface area contributed by atoms with E-state index in [9.17, 15) is 18.0 Å². The summed E-state index contributed by atoms with van der Waals surface area (Å²) in [6.45, 7) is 3.63. The van der Waals surface area contributed by atoms with Crippen LogP contribution in [0.5, 0.6) is 0 Å². The third kappa shape index (κ3) is 2.24. The van der Waals surface area contributed by atoms with E-state index in [1.54, 1.807) is 14.0 Å². The summed E-state index contributed by atoms with van der Waals surface area (Å²) in [5.41, 5.74) is -0.806. The molecule has 0 radical (unpaired) electrons. The Kier molecular flexibility index (Phi) is 3.15. The molecule has 2 atom stereocenters. The van der Waals surface area contributed by atoms with Crippen LogP contribution in [0.15, 0.2) is 18.3 Å². The number of carbonyl (C=O) groups excluding carboxylic acids is 1. The maximum absolute atomic E-state index is 12.7. The number of amides is 2. The number of nitrogens with zero attached hydrogens (tertiary/aromatic N) is 3. The van der Waals surface area contributed by atoms with Crippen LogP contribution >= 0.6 is 0 Å². The predicted molar refractivity (Wildman–Crippen MR) is 63.8 cm³/mol. The zero-order chi connectivity index (χ0) is 14.4. The van der Waals surface area contributed by atoms with Gasteiger partial charge in [-0.05, 0) is 26.0 Å². The van der Waals surface area contributed by atoms with Crippen LogP contribution in [0.3, 0.4) is 0 Å². The van der Waals surface area contributed by atoms with Gasteiger partial charge in [-0.3, -0.25) is 4.90 Å². The lowest BCUT2D eigenvalue weighted by Gasteiger charge is -2.21. The molecule has 0 N–H and O–H groups in total. The van der Waals surface area contributed by atoms with Gasteiger partial charge >= 0.3 is 12.2 Å². The molecule has 0 aliphatic carbocycles. The second-order valence-corrected chi connectivity index (χ2v) is 4.65. The van der Waals surface area contributed by atoms with E-state index in [1.807, 2.05) is 6.92 Å². The topological polar surface area (TPSA) is 36.4 Å². The van der Waals surface area contributed by atoms with Gasteiger partial charge in [0.1, 0.15) is 5.82 Å². The van der Waals surface area contributed by atoms with Crippen LogP contribution in [0, 0.1) is 0 Å². The highest BCUT2D eigenvalue weighted by atomic mass is 19.4. The first-order chi connectivity index (χ1) is 8.73. The third-order valence-electron chi connectivity index (χ3n) is 3.54. The molecule has 104 valence electrons. The molecule has 1 aromatic rings. The van der Waals surface area contributed by atoms with Crippen molar-refractivity contribution in [1.82, 2.24) is 9.88 Å². The fourth-order valence-electron chi connectivity index (χ4n) is 2.09. The highest BCUT2D eigenvalue weighted by Gasteiger charge is 2.41. The van der Waals surface area contributed by atoms with E-state index in [0.29, 0.717) is 0 Å². The Bertz CT molecular complexity index is 503. The van der Waals surface area contributed by atoms with E-state index >= 15 is 0 Å². The molecule has 2 amide bonds. The minimum atomic E-state index is -4.44. The molecule has 1 aliphatic heterocycles. The quantitative estimate of drug-likeness (QED) is 0.789. The number of aromatic nitrogens is 1. The van der Waals surface area contributed by atoms with Crippen molar-refractivity contribution >= 4 is 11.8 Å². The number of halogens is 3. The first-order valence-electron chi connectivity index (χ1n) is 5.82. The highest BCUT2D eigenvalue weighted by molar-refractivity contribution is 5.94. The van der Waals surface area contributed by atoms with Crippen LogP contribution in [-0.2, 0) is 6.18 Å². The zero-order valence-corrected chi connectivity index (χ0v) is 10.8. The number of likely N-dealkylation sites (N-methyl/N-ethyl adjacent to an activating group) is 1. The van der Waals surface area contributed by atoms with Gasteiger partial charge < -0.3 is 4.90 Å². The number of rotatable bonds is 1. The SMILES string of the molecule is CC1C(C)N(c2cc(C(F)(F)F)ccn2)C(=O)N1C. The summed E-state index contributed by atoms with van der Waals surface area (Å²) < 4.78 is 38.0. The normalized spacial score (nSPS) is 24.2. The van der Waals surface area contributed by atoms with Crippen molar-refractivity contribution in [3.63, 3.8) is 0 Å². The van der Waals surface area contributed by atoms with Crippen molar-refractivity contribution in [2.75, 3.05) is 11.9 Å². The first-order valence-corrected chi connectivity index (χ1v) is 5.82. The number of anilines is 1. The third-order valence-corrected chi connectivity index (χ3v) is 3.54.